The molecule has 0 saturated carbocycles. The van der Waals surface area contributed by atoms with Crippen molar-refractivity contribution < 1.29 is 8.42 Å². The molecule has 0 bridgehead atoms. The van der Waals surface area contributed by atoms with Crippen molar-refractivity contribution in [3.05, 3.63) is 59.7 Å². The van der Waals surface area contributed by atoms with Crippen LogP contribution >= 0.6 is 0 Å². The summed E-state index contributed by atoms with van der Waals surface area (Å²) in [7, 11) is -3.47. The molecule has 0 radical (unpaired) electrons. The number of benzene rings is 2. The van der Waals surface area contributed by atoms with Gasteiger partial charge in [-0.3, -0.25) is 0 Å². The molecule has 2 rings (SSSR count). The molecule has 2 aromatic rings. The monoisotopic (exact) mass is 304 g/mol. The normalized spacial score (nSPS) is 11.3. The molecular weight excluding hydrogens is 284 g/mol. The predicted molar refractivity (Wildman–Crippen MR) is 85.8 cm³/mol. The minimum atomic E-state index is -3.47. The highest BCUT2D eigenvalue weighted by Crippen LogP contribution is 2.21. The number of hydrogen-bond donors (Lipinski definition) is 2. The zero-order valence-electron chi connectivity index (χ0n) is 12.3. The second-order valence-corrected chi connectivity index (χ2v) is 6.58. The van der Waals surface area contributed by atoms with Crippen LogP contribution in [0, 0.1) is 6.92 Å². The summed E-state index contributed by atoms with van der Waals surface area (Å²) in [5, 5.41) is 3.20. The van der Waals surface area contributed by atoms with E-state index in [9.17, 15) is 8.42 Å². The van der Waals surface area contributed by atoms with E-state index < -0.39 is 10.0 Å². The summed E-state index contributed by atoms with van der Waals surface area (Å²) in [6, 6.07) is 15.1. The molecule has 2 N–H and O–H groups in total. The SMILES string of the molecule is CCNS(=O)(=O)c1ccccc1NCc1cccc(C)c1. The highest BCUT2D eigenvalue weighted by molar-refractivity contribution is 7.89. The van der Waals surface area contributed by atoms with E-state index in [4.69, 9.17) is 0 Å². The molecule has 0 unspecified atom stereocenters. The smallest absolute Gasteiger partial charge is 0.242 e. The van der Waals surface area contributed by atoms with Crippen molar-refractivity contribution in [3.8, 4) is 0 Å². The zero-order chi connectivity index (χ0) is 15.3. The minimum absolute atomic E-state index is 0.277. The van der Waals surface area contributed by atoms with Crippen LogP contribution in [0.3, 0.4) is 0 Å². The summed E-state index contributed by atoms with van der Waals surface area (Å²) in [5.41, 5.74) is 2.91. The molecule has 0 aromatic heterocycles. The molecule has 0 aliphatic carbocycles. The van der Waals surface area contributed by atoms with Gasteiger partial charge in [0.05, 0.1) is 5.69 Å². The highest BCUT2D eigenvalue weighted by atomic mass is 32.2. The molecule has 4 nitrogen and oxygen atoms in total. The van der Waals surface area contributed by atoms with Gasteiger partial charge in [-0.25, -0.2) is 13.1 Å². The second kappa shape index (κ2) is 6.74. The van der Waals surface area contributed by atoms with Gasteiger partial charge in [-0.1, -0.05) is 48.9 Å². The Hall–Kier alpha value is -1.85. The van der Waals surface area contributed by atoms with E-state index >= 15 is 0 Å². The number of anilines is 1. The predicted octanol–water partition coefficient (Wildman–Crippen LogP) is 2.91. The first-order chi connectivity index (χ1) is 10.0. The van der Waals surface area contributed by atoms with Crippen LogP contribution < -0.4 is 10.0 Å². The third-order valence-electron chi connectivity index (χ3n) is 3.08. The summed E-state index contributed by atoms with van der Waals surface area (Å²) in [5.74, 6) is 0. The molecule has 0 aliphatic rings. The molecule has 0 saturated heterocycles. The van der Waals surface area contributed by atoms with Crippen molar-refractivity contribution in [1.29, 1.82) is 0 Å². The van der Waals surface area contributed by atoms with Crippen LogP contribution in [0.4, 0.5) is 5.69 Å². The van der Waals surface area contributed by atoms with E-state index in [1.165, 1.54) is 5.56 Å². The van der Waals surface area contributed by atoms with Gasteiger partial charge in [0.1, 0.15) is 4.90 Å². The molecule has 0 fully saturated rings. The van der Waals surface area contributed by atoms with Crippen LogP contribution in [-0.4, -0.2) is 15.0 Å². The first-order valence-electron chi connectivity index (χ1n) is 6.91. The van der Waals surface area contributed by atoms with E-state index in [0.29, 0.717) is 18.8 Å². The molecule has 2 aromatic carbocycles. The molecule has 5 heteroatoms. The number of rotatable bonds is 6. The fourth-order valence-electron chi connectivity index (χ4n) is 2.13. The Morgan fingerprint density at radius 3 is 2.52 bits per heavy atom. The van der Waals surface area contributed by atoms with Gasteiger partial charge in [0.15, 0.2) is 0 Å². The van der Waals surface area contributed by atoms with Crippen molar-refractivity contribution in [2.24, 2.45) is 0 Å². The van der Waals surface area contributed by atoms with Gasteiger partial charge < -0.3 is 5.32 Å². The van der Waals surface area contributed by atoms with E-state index in [0.717, 1.165) is 5.56 Å². The Morgan fingerprint density at radius 2 is 1.81 bits per heavy atom. The van der Waals surface area contributed by atoms with Crippen LogP contribution in [0.5, 0.6) is 0 Å². The molecule has 0 aliphatic heterocycles. The van der Waals surface area contributed by atoms with Gasteiger partial charge in [-0.05, 0) is 24.6 Å². The van der Waals surface area contributed by atoms with Gasteiger partial charge in [-0.15, -0.1) is 0 Å². The van der Waals surface area contributed by atoms with Crippen LogP contribution in [-0.2, 0) is 16.6 Å². The lowest BCUT2D eigenvalue weighted by Gasteiger charge is -2.13. The molecular formula is C16H20N2O2S. The summed E-state index contributed by atoms with van der Waals surface area (Å²) < 4.78 is 26.9. The molecule has 0 amide bonds. The molecule has 0 heterocycles. The molecule has 21 heavy (non-hydrogen) atoms. The quantitative estimate of drug-likeness (QED) is 0.862. The molecule has 0 spiro atoms. The highest BCUT2D eigenvalue weighted by Gasteiger charge is 2.16. The third kappa shape index (κ3) is 4.06. The van der Waals surface area contributed by atoms with E-state index in [1.807, 2.05) is 31.2 Å². The maximum atomic E-state index is 12.2. The Balaban J connectivity index is 2.21. The van der Waals surface area contributed by atoms with Crippen LogP contribution in [0.25, 0.3) is 0 Å². The topological polar surface area (TPSA) is 58.2 Å². The average Bonchev–Trinajstić information content (AvgIpc) is 2.45. The fourth-order valence-corrected chi connectivity index (χ4v) is 3.36. The van der Waals surface area contributed by atoms with Gasteiger partial charge >= 0.3 is 0 Å². The molecule has 112 valence electrons. The third-order valence-corrected chi connectivity index (χ3v) is 4.68. The fraction of sp³-hybridized carbons (Fsp3) is 0.250. The van der Waals surface area contributed by atoms with Crippen LogP contribution in [0.15, 0.2) is 53.4 Å². The van der Waals surface area contributed by atoms with E-state index in [-0.39, 0.29) is 4.90 Å². The van der Waals surface area contributed by atoms with Gasteiger partial charge in [0.2, 0.25) is 10.0 Å². The maximum Gasteiger partial charge on any atom is 0.242 e. The number of para-hydroxylation sites is 1. The Kier molecular flexibility index (Phi) is 4.98. The van der Waals surface area contributed by atoms with Crippen LogP contribution in [0.1, 0.15) is 18.1 Å². The van der Waals surface area contributed by atoms with Gasteiger partial charge in [0, 0.05) is 13.1 Å². The number of aryl methyl sites for hydroxylation is 1. The van der Waals surface area contributed by atoms with Crippen molar-refractivity contribution in [2.75, 3.05) is 11.9 Å². The zero-order valence-corrected chi connectivity index (χ0v) is 13.1. The first kappa shape index (κ1) is 15.5. The Bertz CT molecular complexity index is 712. The Labute approximate surface area is 126 Å². The summed E-state index contributed by atoms with van der Waals surface area (Å²) in [6.07, 6.45) is 0. The summed E-state index contributed by atoms with van der Waals surface area (Å²) in [4.78, 5) is 0.277. The maximum absolute atomic E-state index is 12.2. The van der Waals surface area contributed by atoms with Crippen molar-refractivity contribution in [1.82, 2.24) is 4.72 Å². The van der Waals surface area contributed by atoms with Gasteiger partial charge in [-0.2, -0.15) is 0 Å². The lowest BCUT2D eigenvalue weighted by atomic mass is 10.1. The van der Waals surface area contributed by atoms with Crippen molar-refractivity contribution in [2.45, 2.75) is 25.3 Å². The Morgan fingerprint density at radius 1 is 1.05 bits per heavy atom. The minimum Gasteiger partial charge on any atom is -0.380 e. The number of nitrogens with one attached hydrogen (secondary N) is 2. The van der Waals surface area contributed by atoms with Crippen molar-refractivity contribution in [3.63, 3.8) is 0 Å². The lowest BCUT2D eigenvalue weighted by molar-refractivity contribution is 0.584. The summed E-state index contributed by atoms with van der Waals surface area (Å²) in [6.45, 7) is 4.75. The number of sulfonamides is 1. The lowest BCUT2D eigenvalue weighted by Crippen LogP contribution is -2.24. The van der Waals surface area contributed by atoms with Gasteiger partial charge in [0.25, 0.3) is 0 Å². The largest absolute Gasteiger partial charge is 0.380 e. The average molecular weight is 304 g/mol. The number of hydrogen-bond acceptors (Lipinski definition) is 3. The van der Waals surface area contributed by atoms with E-state index in [1.54, 1.807) is 25.1 Å². The van der Waals surface area contributed by atoms with Crippen molar-refractivity contribution >= 4 is 15.7 Å². The summed E-state index contributed by atoms with van der Waals surface area (Å²) >= 11 is 0. The van der Waals surface area contributed by atoms with E-state index in [2.05, 4.69) is 16.1 Å². The van der Waals surface area contributed by atoms with Crippen LogP contribution in [0.2, 0.25) is 0 Å². The second-order valence-electron chi connectivity index (χ2n) is 4.84. The molecule has 0 atom stereocenters. The standard InChI is InChI=1S/C16H20N2O2S/c1-3-18-21(19,20)16-10-5-4-9-15(16)17-12-14-8-6-7-13(2)11-14/h4-11,17-18H,3,12H2,1-2H3. The first-order valence-corrected chi connectivity index (χ1v) is 8.39.